The Morgan fingerprint density at radius 3 is 2.65 bits per heavy atom. The molecule has 4 N–H and O–H groups in total. The number of rotatable bonds is 5. The summed E-state index contributed by atoms with van der Waals surface area (Å²) in [5, 5.41) is 0. The van der Waals surface area contributed by atoms with Crippen molar-refractivity contribution in [3.05, 3.63) is 29.6 Å². The first-order valence-corrected chi connectivity index (χ1v) is 5.39. The number of primary amides is 1. The normalized spacial score (nSPS) is 14.1. The lowest BCUT2D eigenvalue weighted by atomic mass is 10.1. The van der Waals surface area contributed by atoms with Crippen molar-refractivity contribution in [1.82, 2.24) is 0 Å². The maximum atomic E-state index is 13.0. The molecule has 0 aliphatic carbocycles. The molecule has 5 heteroatoms. The molecule has 1 rings (SSSR count). The van der Waals surface area contributed by atoms with Gasteiger partial charge in [0.1, 0.15) is 11.6 Å². The zero-order valence-corrected chi connectivity index (χ0v) is 9.94. The lowest BCUT2D eigenvalue weighted by Gasteiger charge is -2.15. The number of carbonyl (C=O) groups excluding carboxylic acids is 1. The largest absolute Gasteiger partial charge is 0.492 e. The summed E-state index contributed by atoms with van der Waals surface area (Å²) in [6.45, 7) is 3.55. The number of amides is 1. The lowest BCUT2D eigenvalue weighted by molar-refractivity contribution is -0.122. The minimum atomic E-state index is -0.436. The Labute approximate surface area is 99.7 Å². The molecule has 0 aliphatic rings. The van der Waals surface area contributed by atoms with Crippen LogP contribution in [0.1, 0.15) is 25.5 Å². The Morgan fingerprint density at radius 1 is 1.47 bits per heavy atom. The van der Waals surface area contributed by atoms with Gasteiger partial charge in [0.2, 0.25) is 5.91 Å². The summed E-state index contributed by atoms with van der Waals surface area (Å²) in [7, 11) is 0. The van der Waals surface area contributed by atoms with E-state index in [2.05, 4.69) is 0 Å². The summed E-state index contributed by atoms with van der Waals surface area (Å²) >= 11 is 0. The number of ether oxygens (including phenoxy) is 1. The Balaban J connectivity index is 2.80. The zero-order valence-electron chi connectivity index (χ0n) is 9.94. The van der Waals surface area contributed by atoms with Crippen LogP contribution in [-0.2, 0) is 4.79 Å². The zero-order chi connectivity index (χ0) is 13.0. The van der Waals surface area contributed by atoms with E-state index in [0.29, 0.717) is 11.3 Å². The maximum absolute atomic E-state index is 13.0. The molecule has 4 nitrogen and oxygen atoms in total. The van der Waals surface area contributed by atoms with Gasteiger partial charge in [0.15, 0.2) is 0 Å². The van der Waals surface area contributed by atoms with Crippen LogP contribution in [0.3, 0.4) is 0 Å². The summed E-state index contributed by atoms with van der Waals surface area (Å²) in [4.78, 5) is 10.9. The Hall–Kier alpha value is -1.62. The SMILES string of the molecule is CC(COc1ccc(F)cc1[C@@H](C)N)C(N)=O. The molecule has 0 fully saturated rings. The molecule has 0 saturated heterocycles. The van der Waals surface area contributed by atoms with Crippen LogP contribution >= 0.6 is 0 Å². The third-order valence-electron chi connectivity index (χ3n) is 2.44. The van der Waals surface area contributed by atoms with E-state index in [1.807, 2.05) is 0 Å². The van der Waals surface area contributed by atoms with Gasteiger partial charge in [-0.05, 0) is 25.1 Å². The number of hydrogen-bond donors (Lipinski definition) is 2. The van der Waals surface area contributed by atoms with Gasteiger partial charge in [-0.3, -0.25) is 4.79 Å². The average Bonchev–Trinajstić information content (AvgIpc) is 2.26. The van der Waals surface area contributed by atoms with Crippen LogP contribution in [0.4, 0.5) is 4.39 Å². The number of benzene rings is 1. The third kappa shape index (κ3) is 3.71. The first kappa shape index (κ1) is 13.4. The topological polar surface area (TPSA) is 78.3 Å². The molecular formula is C12H17FN2O2. The van der Waals surface area contributed by atoms with Crippen LogP contribution in [-0.4, -0.2) is 12.5 Å². The van der Waals surface area contributed by atoms with Gasteiger partial charge in [0.05, 0.1) is 12.5 Å². The van der Waals surface area contributed by atoms with Gasteiger partial charge >= 0.3 is 0 Å². The highest BCUT2D eigenvalue weighted by Crippen LogP contribution is 2.25. The van der Waals surface area contributed by atoms with Crippen molar-refractivity contribution in [2.75, 3.05) is 6.61 Å². The average molecular weight is 240 g/mol. The molecule has 1 aromatic rings. The summed E-state index contributed by atoms with van der Waals surface area (Å²) in [6, 6.07) is 3.77. The van der Waals surface area contributed by atoms with Crippen molar-refractivity contribution in [2.45, 2.75) is 19.9 Å². The molecular weight excluding hydrogens is 223 g/mol. The predicted molar refractivity (Wildman–Crippen MR) is 62.9 cm³/mol. The monoisotopic (exact) mass is 240 g/mol. The van der Waals surface area contributed by atoms with Gasteiger partial charge in [0, 0.05) is 11.6 Å². The van der Waals surface area contributed by atoms with Crippen molar-refractivity contribution in [3.63, 3.8) is 0 Å². The molecule has 0 spiro atoms. The molecule has 94 valence electrons. The van der Waals surface area contributed by atoms with E-state index >= 15 is 0 Å². The maximum Gasteiger partial charge on any atom is 0.223 e. The summed E-state index contributed by atoms with van der Waals surface area (Å²) in [5.41, 5.74) is 11.4. The molecule has 0 radical (unpaired) electrons. The standard InChI is InChI=1S/C12H17FN2O2/c1-7(12(15)16)6-17-11-4-3-9(13)5-10(11)8(2)14/h3-5,7-8H,6,14H2,1-2H3,(H2,15,16)/t7?,8-/m1/s1. The van der Waals surface area contributed by atoms with E-state index < -0.39 is 11.8 Å². The second kappa shape index (κ2) is 5.63. The molecule has 0 heterocycles. The van der Waals surface area contributed by atoms with Crippen LogP contribution in [0, 0.1) is 11.7 Å². The second-order valence-electron chi connectivity index (χ2n) is 4.09. The fourth-order valence-corrected chi connectivity index (χ4v) is 1.30. The van der Waals surface area contributed by atoms with Crippen LogP contribution in [0.5, 0.6) is 5.75 Å². The number of carbonyl (C=O) groups is 1. The number of nitrogens with two attached hydrogens (primary N) is 2. The highest BCUT2D eigenvalue weighted by Gasteiger charge is 2.13. The summed E-state index contributed by atoms with van der Waals surface area (Å²) < 4.78 is 18.5. The Kier molecular flexibility index (Phi) is 4.45. The van der Waals surface area contributed by atoms with Gasteiger partial charge in [-0.15, -0.1) is 0 Å². The summed E-state index contributed by atoms with van der Waals surface area (Å²) in [5.74, 6) is -0.724. The van der Waals surface area contributed by atoms with E-state index in [1.54, 1.807) is 13.8 Å². The first-order chi connectivity index (χ1) is 7.91. The molecule has 1 amide bonds. The highest BCUT2D eigenvalue weighted by molar-refractivity contribution is 5.76. The molecule has 1 unspecified atom stereocenters. The molecule has 0 bridgehead atoms. The first-order valence-electron chi connectivity index (χ1n) is 5.39. The van der Waals surface area contributed by atoms with Crippen LogP contribution < -0.4 is 16.2 Å². The third-order valence-corrected chi connectivity index (χ3v) is 2.44. The number of halogens is 1. The van der Waals surface area contributed by atoms with Crippen LogP contribution in [0.15, 0.2) is 18.2 Å². The van der Waals surface area contributed by atoms with Crippen LogP contribution in [0.25, 0.3) is 0 Å². The van der Waals surface area contributed by atoms with Crippen molar-refractivity contribution in [3.8, 4) is 5.75 Å². The predicted octanol–water partition coefficient (Wildman–Crippen LogP) is 1.35. The van der Waals surface area contributed by atoms with Crippen molar-refractivity contribution in [2.24, 2.45) is 17.4 Å². The highest BCUT2D eigenvalue weighted by atomic mass is 19.1. The molecule has 0 aromatic heterocycles. The van der Waals surface area contributed by atoms with Crippen molar-refractivity contribution in [1.29, 1.82) is 0 Å². The van der Waals surface area contributed by atoms with Crippen LogP contribution in [0.2, 0.25) is 0 Å². The van der Waals surface area contributed by atoms with E-state index in [1.165, 1.54) is 18.2 Å². The van der Waals surface area contributed by atoms with Gasteiger partial charge < -0.3 is 16.2 Å². The molecule has 2 atom stereocenters. The smallest absolute Gasteiger partial charge is 0.223 e. The van der Waals surface area contributed by atoms with E-state index in [4.69, 9.17) is 16.2 Å². The van der Waals surface area contributed by atoms with Gasteiger partial charge in [-0.25, -0.2) is 4.39 Å². The van der Waals surface area contributed by atoms with Gasteiger partial charge in [-0.1, -0.05) is 6.92 Å². The minimum absolute atomic E-state index is 0.153. The van der Waals surface area contributed by atoms with Crippen molar-refractivity contribution >= 4 is 5.91 Å². The van der Waals surface area contributed by atoms with Gasteiger partial charge in [-0.2, -0.15) is 0 Å². The molecule has 1 aromatic carbocycles. The van der Waals surface area contributed by atoms with Crippen molar-refractivity contribution < 1.29 is 13.9 Å². The Bertz CT molecular complexity index is 407. The molecule has 0 aliphatic heterocycles. The van der Waals surface area contributed by atoms with E-state index in [0.717, 1.165) is 0 Å². The minimum Gasteiger partial charge on any atom is -0.492 e. The quantitative estimate of drug-likeness (QED) is 0.815. The molecule has 17 heavy (non-hydrogen) atoms. The fraction of sp³-hybridized carbons (Fsp3) is 0.417. The van der Waals surface area contributed by atoms with Gasteiger partial charge in [0.25, 0.3) is 0 Å². The number of hydrogen-bond acceptors (Lipinski definition) is 3. The summed E-state index contributed by atoms with van der Waals surface area (Å²) in [6.07, 6.45) is 0. The fourth-order valence-electron chi connectivity index (χ4n) is 1.30. The second-order valence-corrected chi connectivity index (χ2v) is 4.09. The lowest BCUT2D eigenvalue weighted by Crippen LogP contribution is -2.26. The van der Waals surface area contributed by atoms with E-state index in [9.17, 15) is 9.18 Å². The van der Waals surface area contributed by atoms with E-state index in [-0.39, 0.29) is 18.5 Å². The Morgan fingerprint density at radius 2 is 2.12 bits per heavy atom. The molecule has 0 saturated carbocycles.